The summed E-state index contributed by atoms with van der Waals surface area (Å²) in [5.41, 5.74) is 7.04. The van der Waals surface area contributed by atoms with Gasteiger partial charge in [0.05, 0.1) is 5.69 Å². The van der Waals surface area contributed by atoms with Gasteiger partial charge in [-0.3, -0.25) is 4.90 Å². The van der Waals surface area contributed by atoms with Crippen LogP contribution in [0.2, 0.25) is 0 Å². The van der Waals surface area contributed by atoms with Gasteiger partial charge in [-0.1, -0.05) is 32.9 Å². The number of halogens is 1. The third-order valence-corrected chi connectivity index (χ3v) is 3.48. The average molecular weight is 238 g/mol. The highest BCUT2D eigenvalue weighted by atomic mass is 19.1. The van der Waals surface area contributed by atoms with E-state index in [0.717, 1.165) is 5.56 Å². The number of nitrogens with two attached hydrogens (primary N) is 1. The minimum absolute atomic E-state index is 0.191. The van der Waals surface area contributed by atoms with Crippen molar-refractivity contribution in [2.75, 3.05) is 12.8 Å². The molecule has 96 valence electrons. The molecule has 0 bridgehead atoms. The molecular weight excluding hydrogens is 215 g/mol. The van der Waals surface area contributed by atoms with Crippen LogP contribution in [0.25, 0.3) is 0 Å². The monoisotopic (exact) mass is 238 g/mol. The van der Waals surface area contributed by atoms with E-state index in [2.05, 4.69) is 32.6 Å². The van der Waals surface area contributed by atoms with E-state index in [0.29, 0.717) is 12.6 Å². The Morgan fingerprint density at radius 3 is 2.47 bits per heavy atom. The number of para-hydroxylation sites is 1. The highest BCUT2D eigenvalue weighted by Gasteiger charge is 2.24. The summed E-state index contributed by atoms with van der Waals surface area (Å²) < 4.78 is 13.3. The first-order valence-corrected chi connectivity index (χ1v) is 5.96. The molecule has 0 saturated heterocycles. The summed E-state index contributed by atoms with van der Waals surface area (Å²) in [6.07, 6.45) is 0. The van der Waals surface area contributed by atoms with E-state index in [1.807, 2.05) is 13.1 Å². The second-order valence-electron chi connectivity index (χ2n) is 5.77. The lowest BCUT2D eigenvalue weighted by Crippen LogP contribution is -2.38. The van der Waals surface area contributed by atoms with E-state index in [1.165, 1.54) is 6.07 Å². The summed E-state index contributed by atoms with van der Waals surface area (Å²) in [5, 5.41) is 0. The van der Waals surface area contributed by atoms with E-state index in [-0.39, 0.29) is 16.9 Å². The maximum Gasteiger partial charge on any atom is 0.146 e. The van der Waals surface area contributed by atoms with Gasteiger partial charge in [-0.15, -0.1) is 0 Å². The Hall–Kier alpha value is -1.09. The molecule has 2 nitrogen and oxygen atoms in total. The van der Waals surface area contributed by atoms with Crippen LogP contribution in [0.1, 0.15) is 33.3 Å². The summed E-state index contributed by atoms with van der Waals surface area (Å²) in [4.78, 5) is 2.20. The van der Waals surface area contributed by atoms with Crippen LogP contribution in [0.5, 0.6) is 0 Å². The molecule has 0 aromatic heterocycles. The molecule has 1 unspecified atom stereocenters. The Balaban J connectivity index is 2.81. The fourth-order valence-corrected chi connectivity index (χ4v) is 1.79. The van der Waals surface area contributed by atoms with Gasteiger partial charge in [0.15, 0.2) is 0 Å². The second kappa shape index (κ2) is 5.05. The average Bonchev–Trinajstić information content (AvgIpc) is 2.22. The molecule has 1 aromatic rings. The minimum atomic E-state index is -0.334. The molecule has 0 fully saturated rings. The largest absolute Gasteiger partial charge is 0.396 e. The predicted octanol–water partition coefficient (Wildman–Crippen LogP) is 3.27. The predicted molar refractivity (Wildman–Crippen MR) is 71.2 cm³/mol. The molecule has 0 aliphatic rings. The smallest absolute Gasteiger partial charge is 0.146 e. The van der Waals surface area contributed by atoms with Gasteiger partial charge in [-0.05, 0) is 31.0 Å². The Morgan fingerprint density at radius 2 is 1.94 bits per heavy atom. The molecule has 0 radical (unpaired) electrons. The number of rotatable bonds is 3. The molecule has 0 heterocycles. The van der Waals surface area contributed by atoms with Crippen LogP contribution in [0.4, 0.5) is 10.1 Å². The van der Waals surface area contributed by atoms with Crippen molar-refractivity contribution in [1.82, 2.24) is 4.90 Å². The molecule has 1 aromatic carbocycles. The van der Waals surface area contributed by atoms with E-state index in [9.17, 15) is 4.39 Å². The van der Waals surface area contributed by atoms with Gasteiger partial charge in [0.25, 0.3) is 0 Å². The zero-order chi connectivity index (χ0) is 13.2. The van der Waals surface area contributed by atoms with Gasteiger partial charge in [0.2, 0.25) is 0 Å². The number of benzene rings is 1. The normalized spacial score (nSPS) is 14.1. The van der Waals surface area contributed by atoms with Gasteiger partial charge in [-0.25, -0.2) is 4.39 Å². The van der Waals surface area contributed by atoms with Crippen LogP contribution in [0, 0.1) is 11.2 Å². The third-order valence-electron chi connectivity index (χ3n) is 3.48. The summed E-state index contributed by atoms with van der Waals surface area (Å²) in [6.45, 7) is 9.44. The lowest BCUT2D eigenvalue weighted by Gasteiger charge is -2.35. The van der Waals surface area contributed by atoms with Gasteiger partial charge in [0, 0.05) is 12.6 Å². The summed E-state index contributed by atoms with van der Waals surface area (Å²) in [7, 11) is 2.04. The lowest BCUT2D eigenvalue weighted by molar-refractivity contribution is 0.135. The van der Waals surface area contributed by atoms with Crippen molar-refractivity contribution in [3.8, 4) is 0 Å². The Labute approximate surface area is 104 Å². The van der Waals surface area contributed by atoms with Crippen LogP contribution in [0.15, 0.2) is 18.2 Å². The molecule has 0 amide bonds. The van der Waals surface area contributed by atoms with Gasteiger partial charge >= 0.3 is 0 Å². The van der Waals surface area contributed by atoms with Crippen LogP contribution < -0.4 is 5.73 Å². The molecular formula is C14H23FN2. The topological polar surface area (TPSA) is 29.3 Å². The zero-order valence-electron chi connectivity index (χ0n) is 11.4. The molecule has 0 saturated carbocycles. The highest BCUT2D eigenvalue weighted by Crippen LogP contribution is 2.25. The first-order chi connectivity index (χ1) is 7.73. The van der Waals surface area contributed by atoms with Crippen molar-refractivity contribution >= 4 is 5.69 Å². The van der Waals surface area contributed by atoms with Gasteiger partial charge in [0.1, 0.15) is 5.82 Å². The Morgan fingerprint density at radius 1 is 1.35 bits per heavy atom. The quantitative estimate of drug-likeness (QED) is 0.819. The fourth-order valence-electron chi connectivity index (χ4n) is 1.79. The Kier molecular flexibility index (Phi) is 4.15. The first kappa shape index (κ1) is 14.0. The molecule has 1 atom stereocenters. The number of nitrogen functional groups attached to an aromatic ring is 1. The molecule has 0 spiro atoms. The maximum absolute atomic E-state index is 13.3. The molecule has 2 N–H and O–H groups in total. The van der Waals surface area contributed by atoms with Crippen molar-refractivity contribution in [3.63, 3.8) is 0 Å². The van der Waals surface area contributed by atoms with Crippen LogP contribution in [-0.4, -0.2) is 18.0 Å². The number of hydrogen-bond donors (Lipinski definition) is 1. The molecule has 0 aliphatic heterocycles. The zero-order valence-corrected chi connectivity index (χ0v) is 11.4. The van der Waals surface area contributed by atoms with Crippen molar-refractivity contribution in [1.29, 1.82) is 0 Å². The minimum Gasteiger partial charge on any atom is -0.396 e. The second-order valence-corrected chi connectivity index (χ2v) is 5.77. The molecule has 17 heavy (non-hydrogen) atoms. The Bertz CT molecular complexity index is 382. The number of nitrogens with zero attached hydrogens (tertiary/aromatic N) is 1. The van der Waals surface area contributed by atoms with Crippen molar-refractivity contribution in [3.05, 3.63) is 29.6 Å². The first-order valence-electron chi connectivity index (χ1n) is 5.96. The lowest BCUT2D eigenvalue weighted by atomic mass is 9.87. The van der Waals surface area contributed by atoms with E-state index in [4.69, 9.17) is 5.73 Å². The molecule has 3 heteroatoms. The van der Waals surface area contributed by atoms with Crippen LogP contribution >= 0.6 is 0 Å². The standard InChI is InChI=1S/C14H23FN2/c1-10(14(2,3)4)17(5)9-11-7-6-8-12(15)13(11)16/h6-8,10H,9,16H2,1-5H3. The SMILES string of the molecule is CC(N(C)Cc1cccc(F)c1N)C(C)(C)C. The van der Waals surface area contributed by atoms with Crippen molar-refractivity contribution < 1.29 is 4.39 Å². The van der Waals surface area contributed by atoms with Gasteiger partial charge in [-0.2, -0.15) is 0 Å². The van der Waals surface area contributed by atoms with Gasteiger partial charge < -0.3 is 5.73 Å². The summed E-state index contributed by atoms with van der Waals surface area (Å²) >= 11 is 0. The number of hydrogen-bond acceptors (Lipinski definition) is 2. The number of anilines is 1. The van der Waals surface area contributed by atoms with Crippen molar-refractivity contribution in [2.45, 2.75) is 40.3 Å². The van der Waals surface area contributed by atoms with Crippen LogP contribution in [0.3, 0.4) is 0 Å². The summed E-state index contributed by atoms with van der Waals surface area (Å²) in [5.74, 6) is -0.334. The summed E-state index contributed by atoms with van der Waals surface area (Å²) in [6, 6.07) is 5.37. The maximum atomic E-state index is 13.3. The van der Waals surface area contributed by atoms with Crippen LogP contribution in [-0.2, 0) is 6.54 Å². The van der Waals surface area contributed by atoms with E-state index < -0.39 is 0 Å². The molecule has 1 rings (SSSR count). The fraction of sp³-hybridized carbons (Fsp3) is 0.571. The van der Waals surface area contributed by atoms with Crippen molar-refractivity contribution in [2.24, 2.45) is 5.41 Å². The van der Waals surface area contributed by atoms with E-state index >= 15 is 0 Å². The third kappa shape index (κ3) is 3.43. The molecule has 0 aliphatic carbocycles. The highest BCUT2D eigenvalue weighted by molar-refractivity contribution is 5.47. The van der Waals surface area contributed by atoms with E-state index in [1.54, 1.807) is 6.07 Å².